The normalized spacial score (nSPS) is 21.6. The summed E-state index contributed by atoms with van der Waals surface area (Å²) in [7, 11) is 0. The van der Waals surface area contributed by atoms with Crippen LogP contribution in [0.15, 0.2) is 30.5 Å². The molecule has 0 radical (unpaired) electrons. The van der Waals surface area contributed by atoms with Crippen LogP contribution in [0.25, 0.3) is 10.8 Å². The Morgan fingerprint density at radius 2 is 2.19 bits per heavy atom. The van der Waals surface area contributed by atoms with Gasteiger partial charge in [0.25, 0.3) is 0 Å². The average Bonchev–Trinajstić information content (AvgIpc) is 2.89. The van der Waals surface area contributed by atoms with Gasteiger partial charge >= 0.3 is 5.97 Å². The third kappa shape index (κ3) is 2.69. The zero-order chi connectivity index (χ0) is 14.8. The fraction of sp³-hybridized carbons (Fsp3) is 0.375. The Morgan fingerprint density at radius 1 is 1.43 bits per heavy atom. The first-order valence-corrected chi connectivity index (χ1v) is 7.13. The Balaban J connectivity index is 1.89. The van der Waals surface area contributed by atoms with Gasteiger partial charge in [-0.1, -0.05) is 24.3 Å². The fourth-order valence-corrected chi connectivity index (χ4v) is 2.78. The van der Waals surface area contributed by atoms with E-state index in [0.29, 0.717) is 11.3 Å². The van der Waals surface area contributed by atoms with Gasteiger partial charge in [-0.25, -0.2) is 9.78 Å². The number of nitrogens with zero attached hydrogens (tertiary/aromatic N) is 1. The van der Waals surface area contributed by atoms with Crippen LogP contribution in [0.5, 0.6) is 0 Å². The lowest BCUT2D eigenvalue weighted by Crippen LogP contribution is -2.21. The quantitative estimate of drug-likeness (QED) is 0.904. The molecule has 1 saturated heterocycles. The maximum atomic E-state index is 11.3. The van der Waals surface area contributed by atoms with Gasteiger partial charge in [-0.15, -0.1) is 0 Å². The molecule has 0 amide bonds. The van der Waals surface area contributed by atoms with Crippen LogP contribution in [-0.4, -0.2) is 35.3 Å². The molecule has 1 aromatic heterocycles. The number of pyridine rings is 1. The minimum absolute atomic E-state index is 0.230. The number of fused-ring (bicyclic) bond motifs is 1. The van der Waals surface area contributed by atoms with Crippen molar-refractivity contribution in [2.75, 3.05) is 18.5 Å². The van der Waals surface area contributed by atoms with Crippen LogP contribution in [0.2, 0.25) is 0 Å². The molecule has 2 N–H and O–H groups in total. The second-order valence-corrected chi connectivity index (χ2v) is 5.38. The van der Waals surface area contributed by atoms with Crippen molar-refractivity contribution in [3.05, 3.63) is 36.0 Å². The molecule has 2 unspecified atom stereocenters. The molecule has 21 heavy (non-hydrogen) atoms. The molecule has 2 aromatic rings. The molecule has 3 rings (SSSR count). The van der Waals surface area contributed by atoms with Gasteiger partial charge in [-0.2, -0.15) is 0 Å². The van der Waals surface area contributed by atoms with Crippen LogP contribution < -0.4 is 5.32 Å². The molecule has 0 spiro atoms. The van der Waals surface area contributed by atoms with E-state index in [1.165, 1.54) is 6.20 Å². The Kier molecular flexibility index (Phi) is 3.75. The van der Waals surface area contributed by atoms with Gasteiger partial charge in [-0.05, 0) is 13.3 Å². The summed E-state index contributed by atoms with van der Waals surface area (Å²) < 4.78 is 5.55. The van der Waals surface area contributed by atoms with Gasteiger partial charge in [0.05, 0.1) is 11.7 Å². The van der Waals surface area contributed by atoms with E-state index in [1.54, 1.807) is 0 Å². The topological polar surface area (TPSA) is 71.5 Å². The van der Waals surface area contributed by atoms with Crippen LogP contribution in [-0.2, 0) is 4.74 Å². The van der Waals surface area contributed by atoms with Gasteiger partial charge in [0.1, 0.15) is 5.82 Å². The van der Waals surface area contributed by atoms with Crippen LogP contribution in [0, 0.1) is 5.92 Å². The predicted molar refractivity (Wildman–Crippen MR) is 80.7 cm³/mol. The number of carbonyl (C=O) groups is 1. The highest BCUT2D eigenvalue weighted by atomic mass is 16.5. The van der Waals surface area contributed by atoms with E-state index in [1.807, 2.05) is 24.3 Å². The van der Waals surface area contributed by atoms with Gasteiger partial charge in [0.15, 0.2) is 0 Å². The molecule has 0 saturated carbocycles. The van der Waals surface area contributed by atoms with Crippen molar-refractivity contribution in [3.8, 4) is 0 Å². The molecular weight excluding hydrogens is 268 g/mol. The molecule has 2 heterocycles. The third-order valence-corrected chi connectivity index (χ3v) is 4.09. The standard InChI is InChI=1S/C16H18N2O3/c1-10-11(6-7-21-10)8-17-15-13-5-3-2-4-12(13)14(9-18-15)16(19)20/h2-5,9-11H,6-8H2,1H3,(H,17,18)(H,19,20). The van der Waals surface area contributed by atoms with Crippen molar-refractivity contribution < 1.29 is 14.6 Å². The molecule has 1 fully saturated rings. The van der Waals surface area contributed by atoms with Crippen LogP contribution in [0.4, 0.5) is 5.82 Å². The molecular formula is C16H18N2O3. The zero-order valence-electron chi connectivity index (χ0n) is 11.9. The zero-order valence-corrected chi connectivity index (χ0v) is 11.9. The van der Waals surface area contributed by atoms with Crippen LogP contribution in [0.3, 0.4) is 0 Å². The Labute approximate surface area is 123 Å². The van der Waals surface area contributed by atoms with Crippen LogP contribution >= 0.6 is 0 Å². The number of anilines is 1. The summed E-state index contributed by atoms with van der Waals surface area (Å²) >= 11 is 0. The second-order valence-electron chi connectivity index (χ2n) is 5.38. The van der Waals surface area contributed by atoms with E-state index in [9.17, 15) is 9.90 Å². The van der Waals surface area contributed by atoms with E-state index in [4.69, 9.17) is 4.74 Å². The first-order chi connectivity index (χ1) is 10.2. The SMILES string of the molecule is CC1OCCC1CNc1ncc(C(=O)O)c2ccccc12. The molecule has 0 bridgehead atoms. The van der Waals surface area contributed by atoms with Crippen molar-refractivity contribution in [2.24, 2.45) is 5.92 Å². The van der Waals surface area contributed by atoms with Crippen molar-refractivity contribution in [1.82, 2.24) is 4.98 Å². The highest BCUT2D eigenvalue weighted by molar-refractivity contribution is 6.06. The Bertz CT molecular complexity index is 672. The maximum absolute atomic E-state index is 11.3. The first kappa shape index (κ1) is 13.8. The van der Waals surface area contributed by atoms with Crippen molar-refractivity contribution >= 4 is 22.6 Å². The lowest BCUT2D eigenvalue weighted by molar-refractivity contribution is 0.0698. The molecule has 1 aliphatic rings. The molecule has 2 atom stereocenters. The number of benzene rings is 1. The van der Waals surface area contributed by atoms with Crippen LogP contribution in [0.1, 0.15) is 23.7 Å². The molecule has 5 heteroatoms. The van der Waals surface area contributed by atoms with E-state index in [0.717, 1.165) is 30.8 Å². The summed E-state index contributed by atoms with van der Waals surface area (Å²) in [5.41, 5.74) is 0.230. The highest BCUT2D eigenvalue weighted by Gasteiger charge is 2.24. The molecule has 1 aliphatic heterocycles. The average molecular weight is 286 g/mol. The van der Waals surface area contributed by atoms with E-state index < -0.39 is 5.97 Å². The van der Waals surface area contributed by atoms with Gasteiger partial charge < -0.3 is 15.2 Å². The Hall–Kier alpha value is -2.14. The number of carboxylic acids is 1. The largest absolute Gasteiger partial charge is 0.478 e. The molecule has 110 valence electrons. The monoisotopic (exact) mass is 286 g/mol. The number of nitrogens with one attached hydrogen (secondary N) is 1. The highest BCUT2D eigenvalue weighted by Crippen LogP contribution is 2.26. The van der Waals surface area contributed by atoms with E-state index >= 15 is 0 Å². The van der Waals surface area contributed by atoms with Crippen molar-refractivity contribution in [1.29, 1.82) is 0 Å². The summed E-state index contributed by atoms with van der Waals surface area (Å²) in [4.78, 5) is 15.5. The number of aromatic carboxylic acids is 1. The Morgan fingerprint density at radius 3 is 2.86 bits per heavy atom. The number of aromatic nitrogens is 1. The number of hydrogen-bond acceptors (Lipinski definition) is 4. The molecule has 1 aromatic carbocycles. The predicted octanol–water partition coefficient (Wildman–Crippen LogP) is 2.77. The van der Waals surface area contributed by atoms with E-state index in [-0.39, 0.29) is 11.7 Å². The number of carboxylic acid groups (broad SMARTS) is 1. The smallest absolute Gasteiger partial charge is 0.337 e. The van der Waals surface area contributed by atoms with Crippen molar-refractivity contribution in [2.45, 2.75) is 19.4 Å². The second kappa shape index (κ2) is 5.69. The molecule has 5 nitrogen and oxygen atoms in total. The van der Waals surface area contributed by atoms with Gasteiger partial charge in [0.2, 0.25) is 0 Å². The third-order valence-electron chi connectivity index (χ3n) is 4.09. The van der Waals surface area contributed by atoms with Gasteiger partial charge in [-0.3, -0.25) is 0 Å². The lowest BCUT2D eigenvalue weighted by atomic mass is 10.0. The number of rotatable bonds is 4. The first-order valence-electron chi connectivity index (χ1n) is 7.13. The molecule has 0 aliphatic carbocycles. The minimum atomic E-state index is -0.955. The summed E-state index contributed by atoms with van der Waals surface area (Å²) in [6.07, 6.45) is 2.71. The lowest BCUT2D eigenvalue weighted by Gasteiger charge is -2.16. The van der Waals surface area contributed by atoms with Crippen molar-refractivity contribution in [3.63, 3.8) is 0 Å². The number of ether oxygens (including phenoxy) is 1. The fourth-order valence-electron chi connectivity index (χ4n) is 2.78. The summed E-state index contributed by atoms with van der Waals surface area (Å²) in [5, 5.41) is 14.1. The van der Waals surface area contributed by atoms with Gasteiger partial charge in [0, 0.05) is 36.0 Å². The van der Waals surface area contributed by atoms with E-state index in [2.05, 4.69) is 17.2 Å². The number of hydrogen-bond donors (Lipinski definition) is 2. The minimum Gasteiger partial charge on any atom is -0.478 e. The summed E-state index contributed by atoms with van der Waals surface area (Å²) in [6.45, 7) is 3.67. The summed E-state index contributed by atoms with van der Waals surface area (Å²) in [6, 6.07) is 7.44. The maximum Gasteiger partial charge on any atom is 0.337 e. The summed E-state index contributed by atoms with van der Waals surface area (Å²) in [5.74, 6) is 0.238.